The molecule has 0 aliphatic carbocycles. The number of fused-ring (bicyclic) bond motifs is 1. The van der Waals surface area contributed by atoms with Gasteiger partial charge in [-0.3, -0.25) is 9.59 Å². The molecule has 15 heteroatoms. The van der Waals surface area contributed by atoms with E-state index in [2.05, 4.69) is 25.1 Å². The molecule has 0 saturated heterocycles. The van der Waals surface area contributed by atoms with Crippen molar-refractivity contribution in [3.8, 4) is 11.6 Å². The van der Waals surface area contributed by atoms with E-state index in [0.717, 1.165) is 18.4 Å². The first kappa shape index (κ1) is 26.5. The Hall–Kier alpha value is -4.53. The van der Waals surface area contributed by atoms with E-state index in [1.54, 1.807) is 24.3 Å². The van der Waals surface area contributed by atoms with Crippen LogP contribution in [0.2, 0.25) is 0 Å². The summed E-state index contributed by atoms with van der Waals surface area (Å²) in [5.41, 5.74) is 6.15. The Morgan fingerprint density at radius 2 is 1.74 bits per heavy atom. The molecule has 0 saturated carbocycles. The highest BCUT2D eigenvalue weighted by Gasteiger charge is 2.32. The molecular weight excluding hydrogens is 529 g/mol. The van der Waals surface area contributed by atoms with E-state index in [0.29, 0.717) is 17.1 Å². The summed E-state index contributed by atoms with van der Waals surface area (Å²) in [6.07, 6.45) is -1.77. The maximum Gasteiger partial charge on any atom is 0.573 e. The van der Waals surface area contributed by atoms with E-state index >= 15 is 0 Å². The van der Waals surface area contributed by atoms with Gasteiger partial charge in [0, 0.05) is 18.0 Å². The lowest BCUT2D eigenvalue weighted by atomic mass is 10.1. The smallest absolute Gasteiger partial charge is 0.406 e. The predicted octanol–water partition coefficient (Wildman–Crippen LogP) is 2.71. The summed E-state index contributed by atoms with van der Waals surface area (Å²) in [6.45, 7) is 1.53. The van der Waals surface area contributed by atoms with Crippen molar-refractivity contribution in [1.82, 2.24) is 25.1 Å². The first-order valence-corrected chi connectivity index (χ1v) is 12.6. The molecule has 2 amide bonds. The van der Waals surface area contributed by atoms with Gasteiger partial charge in [-0.2, -0.15) is 5.10 Å². The first-order valence-electron chi connectivity index (χ1n) is 10.7. The van der Waals surface area contributed by atoms with Crippen molar-refractivity contribution in [2.45, 2.75) is 24.2 Å². The molecule has 2 aromatic heterocycles. The van der Waals surface area contributed by atoms with E-state index < -0.39 is 50.3 Å². The number of carbonyl (C=O) groups excluding carboxylic acids is 2. The molecule has 38 heavy (non-hydrogen) atoms. The van der Waals surface area contributed by atoms with Gasteiger partial charge >= 0.3 is 6.36 Å². The number of hydrogen-bond donors (Lipinski definition) is 2. The Kier molecular flexibility index (Phi) is 6.80. The molecule has 2 aromatic carbocycles. The molecule has 4 rings (SSSR count). The number of alkyl halides is 3. The third-order valence-electron chi connectivity index (χ3n) is 5.22. The molecule has 0 radical (unpaired) electrons. The van der Waals surface area contributed by atoms with Gasteiger partial charge in [-0.25, -0.2) is 23.1 Å². The van der Waals surface area contributed by atoms with Gasteiger partial charge in [0.05, 0.1) is 33.7 Å². The van der Waals surface area contributed by atoms with Crippen LogP contribution in [0.3, 0.4) is 0 Å². The standard InChI is InChI=1S/C23H19F3N6O5S/c1-12(29-22(34)13-7-15(37-23(24,25)26)9-16(8-13)38(2,35)36)19-21(32-11-14(10-28-32)20(27)33)31-18-6-4-3-5-17(18)30-19/h3-12H,1-2H3,(H2,27,33)(H,29,34). The van der Waals surface area contributed by atoms with E-state index in [1.807, 2.05) is 0 Å². The Balaban J connectivity index is 1.74. The fourth-order valence-corrected chi connectivity index (χ4v) is 4.16. The Morgan fingerprint density at radius 3 is 2.32 bits per heavy atom. The fourth-order valence-electron chi connectivity index (χ4n) is 3.49. The average molecular weight is 549 g/mol. The van der Waals surface area contributed by atoms with Crippen LogP contribution in [0.1, 0.15) is 39.4 Å². The molecule has 11 nitrogen and oxygen atoms in total. The largest absolute Gasteiger partial charge is 0.573 e. The Bertz CT molecular complexity index is 1670. The number of rotatable bonds is 7. The van der Waals surface area contributed by atoms with Crippen molar-refractivity contribution in [2.24, 2.45) is 5.73 Å². The van der Waals surface area contributed by atoms with Gasteiger partial charge in [0.15, 0.2) is 15.7 Å². The zero-order valence-corrected chi connectivity index (χ0v) is 20.5. The van der Waals surface area contributed by atoms with Crippen LogP contribution < -0.4 is 15.8 Å². The summed E-state index contributed by atoms with van der Waals surface area (Å²) in [7, 11) is -3.99. The predicted molar refractivity (Wildman–Crippen MR) is 127 cm³/mol. The highest BCUT2D eigenvalue weighted by Crippen LogP contribution is 2.28. The zero-order chi connectivity index (χ0) is 27.8. The summed E-state index contributed by atoms with van der Waals surface area (Å²) in [5.74, 6) is -2.36. The van der Waals surface area contributed by atoms with Crippen LogP contribution in [0.5, 0.6) is 5.75 Å². The zero-order valence-electron chi connectivity index (χ0n) is 19.7. The maximum atomic E-state index is 13.1. The number of aromatic nitrogens is 4. The molecule has 3 N–H and O–H groups in total. The SMILES string of the molecule is CC(NC(=O)c1cc(OC(F)(F)F)cc(S(C)(=O)=O)c1)c1nc2ccccc2nc1-n1cc(C(N)=O)cn1. The number of benzene rings is 2. The number of carbonyl (C=O) groups is 2. The third-order valence-corrected chi connectivity index (χ3v) is 6.32. The number of primary amides is 1. The summed E-state index contributed by atoms with van der Waals surface area (Å²) < 4.78 is 67.5. The highest BCUT2D eigenvalue weighted by molar-refractivity contribution is 7.90. The molecule has 0 spiro atoms. The van der Waals surface area contributed by atoms with E-state index in [-0.39, 0.29) is 17.1 Å². The van der Waals surface area contributed by atoms with Gasteiger partial charge in [0.25, 0.3) is 11.8 Å². The molecule has 198 valence electrons. The Morgan fingerprint density at radius 1 is 1.08 bits per heavy atom. The molecule has 0 aliphatic rings. The number of halogens is 3. The number of nitrogens with one attached hydrogen (secondary N) is 1. The molecule has 0 fully saturated rings. The van der Waals surface area contributed by atoms with Crippen molar-refractivity contribution < 1.29 is 35.9 Å². The number of nitrogens with zero attached hydrogens (tertiary/aromatic N) is 4. The monoisotopic (exact) mass is 548 g/mol. The highest BCUT2D eigenvalue weighted by atomic mass is 32.2. The second kappa shape index (κ2) is 9.74. The van der Waals surface area contributed by atoms with Crippen LogP contribution >= 0.6 is 0 Å². The third kappa shape index (κ3) is 5.88. The van der Waals surface area contributed by atoms with Crippen LogP contribution in [0.25, 0.3) is 16.9 Å². The lowest BCUT2D eigenvalue weighted by Gasteiger charge is -2.18. The van der Waals surface area contributed by atoms with Crippen LogP contribution in [-0.2, 0) is 9.84 Å². The minimum absolute atomic E-state index is 0.0948. The van der Waals surface area contributed by atoms with Crippen molar-refractivity contribution in [2.75, 3.05) is 6.26 Å². The van der Waals surface area contributed by atoms with Gasteiger partial charge in [-0.05, 0) is 37.3 Å². The summed E-state index contributed by atoms with van der Waals surface area (Å²) >= 11 is 0. The van der Waals surface area contributed by atoms with E-state index in [9.17, 15) is 31.2 Å². The molecule has 0 bridgehead atoms. The van der Waals surface area contributed by atoms with E-state index in [4.69, 9.17) is 5.73 Å². The molecule has 1 atom stereocenters. The van der Waals surface area contributed by atoms with Crippen molar-refractivity contribution in [3.63, 3.8) is 0 Å². The molecule has 1 unspecified atom stereocenters. The lowest BCUT2D eigenvalue weighted by Crippen LogP contribution is -2.29. The number of nitrogens with two attached hydrogens (primary N) is 1. The second-order valence-electron chi connectivity index (χ2n) is 8.17. The molecule has 0 aliphatic heterocycles. The summed E-state index contributed by atoms with van der Waals surface area (Å²) in [4.78, 5) is 33.1. The second-order valence-corrected chi connectivity index (χ2v) is 10.2. The number of sulfone groups is 1. The number of hydrogen-bond acceptors (Lipinski definition) is 8. The van der Waals surface area contributed by atoms with Gasteiger partial charge in [0.1, 0.15) is 11.4 Å². The molecular formula is C23H19F3N6O5S. The van der Waals surface area contributed by atoms with Crippen LogP contribution in [0.15, 0.2) is 59.8 Å². The van der Waals surface area contributed by atoms with E-state index in [1.165, 1.54) is 24.0 Å². The topological polar surface area (TPSA) is 159 Å². The minimum Gasteiger partial charge on any atom is -0.406 e. The number of para-hydroxylation sites is 2. The van der Waals surface area contributed by atoms with Crippen molar-refractivity contribution in [3.05, 3.63) is 71.7 Å². The Labute approximate surface area is 213 Å². The van der Waals surface area contributed by atoms with Crippen molar-refractivity contribution >= 4 is 32.7 Å². The van der Waals surface area contributed by atoms with Gasteiger partial charge in [0.2, 0.25) is 0 Å². The lowest BCUT2D eigenvalue weighted by molar-refractivity contribution is -0.274. The van der Waals surface area contributed by atoms with Crippen LogP contribution in [0, 0.1) is 0 Å². The summed E-state index contributed by atoms with van der Waals surface area (Å²) in [6, 6.07) is 8.29. The maximum absolute atomic E-state index is 13.1. The van der Waals surface area contributed by atoms with Gasteiger partial charge in [-0.15, -0.1) is 13.2 Å². The molecule has 2 heterocycles. The average Bonchev–Trinajstić information content (AvgIpc) is 3.32. The number of amides is 2. The summed E-state index contributed by atoms with van der Waals surface area (Å²) in [5, 5.41) is 6.67. The van der Waals surface area contributed by atoms with Gasteiger partial charge < -0.3 is 15.8 Å². The number of ether oxygens (including phenoxy) is 1. The fraction of sp³-hybridized carbons (Fsp3) is 0.174. The minimum atomic E-state index is -5.11. The first-order chi connectivity index (χ1) is 17.7. The van der Waals surface area contributed by atoms with Crippen LogP contribution in [-0.4, -0.2) is 52.6 Å². The normalized spacial score (nSPS) is 12.8. The molecule has 4 aromatic rings. The van der Waals surface area contributed by atoms with Crippen molar-refractivity contribution in [1.29, 1.82) is 0 Å². The quantitative estimate of drug-likeness (QED) is 0.357. The van der Waals surface area contributed by atoms with Crippen LogP contribution in [0.4, 0.5) is 13.2 Å². The van der Waals surface area contributed by atoms with Gasteiger partial charge in [-0.1, -0.05) is 12.1 Å².